The number of carbonyl (C=O) groups is 4. The first kappa shape index (κ1) is 31.0. The summed E-state index contributed by atoms with van der Waals surface area (Å²) in [4.78, 5) is 55.8. The van der Waals surface area contributed by atoms with Crippen LogP contribution >= 0.6 is 0 Å². The highest BCUT2D eigenvalue weighted by Gasteiger charge is 2.43. The summed E-state index contributed by atoms with van der Waals surface area (Å²) >= 11 is 0. The number of nitrogens with one attached hydrogen (secondary N) is 3. The van der Waals surface area contributed by atoms with Crippen molar-refractivity contribution < 1.29 is 29.0 Å². The Bertz CT molecular complexity index is 1240. The van der Waals surface area contributed by atoms with E-state index >= 15 is 0 Å². The summed E-state index contributed by atoms with van der Waals surface area (Å²) in [6.45, 7) is 4.21. The third-order valence-corrected chi connectivity index (χ3v) is 8.19. The number of aliphatic hydroxyl groups excluding tert-OH is 1. The van der Waals surface area contributed by atoms with E-state index in [2.05, 4.69) is 16.0 Å². The number of nitrogens with zero attached hydrogens (tertiary/aromatic N) is 1. The molecule has 0 bridgehead atoms. The molecule has 2 saturated heterocycles. The van der Waals surface area contributed by atoms with E-state index in [1.165, 1.54) is 4.90 Å². The molecule has 2 fully saturated rings. The lowest BCUT2D eigenvalue weighted by Gasteiger charge is -2.36. The van der Waals surface area contributed by atoms with Crippen molar-refractivity contribution in [2.75, 3.05) is 13.2 Å². The van der Waals surface area contributed by atoms with Gasteiger partial charge in [0, 0.05) is 19.6 Å². The third kappa shape index (κ3) is 7.67. The number of aliphatic hydroxyl groups is 1. The molecule has 4 amide bonds. The number of fused-ring (bicyclic) bond motifs is 1. The largest absolute Gasteiger partial charge is 0.489 e. The predicted octanol–water partition coefficient (Wildman–Crippen LogP) is 2.23. The highest BCUT2D eigenvalue weighted by Crippen LogP contribution is 2.23. The number of rotatable bonds is 10. The van der Waals surface area contributed by atoms with Crippen LogP contribution in [0.2, 0.25) is 0 Å². The zero-order chi connectivity index (χ0) is 30.1. The second-order valence-corrected chi connectivity index (χ2v) is 11.3. The molecule has 2 aromatic rings. The standard InChI is InChI=1S/C32H42N4O6/c1-3-32(2)31(41)34-26(20-22-14-16-24(17-15-22)42-21-23-10-5-4-6-11-23)30(40)36-18-9-13-27(36)29(39)33-25(28(38)35-32)12-7-8-19-37/h4-6,10-11,14-17,25-27,37H,3,7-9,12-13,18-21H2,1-2H3,(H,33,39)(H,34,41)(H,35,38)/t25-,26-,27+,32-/m0/s1. The molecule has 4 rings (SSSR count). The third-order valence-electron chi connectivity index (χ3n) is 8.19. The molecular formula is C32H42N4O6. The maximum atomic E-state index is 13.9. The Morgan fingerprint density at radius 3 is 2.36 bits per heavy atom. The molecule has 10 nitrogen and oxygen atoms in total. The van der Waals surface area contributed by atoms with E-state index in [4.69, 9.17) is 4.74 Å². The van der Waals surface area contributed by atoms with Crippen molar-refractivity contribution in [3.63, 3.8) is 0 Å². The van der Waals surface area contributed by atoms with Crippen LogP contribution in [0.3, 0.4) is 0 Å². The van der Waals surface area contributed by atoms with Crippen LogP contribution in [0.4, 0.5) is 0 Å². The van der Waals surface area contributed by atoms with Crippen molar-refractivity contribution >= 4 is 23.6 Å². The summed E-state index contributed by atoms with van der Waals surface area (Å²) < 4.78 is 5.89. The molecule has 10 heteroatoms. The number of unbranched alkanes of at least 4 members (excludes halogenated alkanes) is 1. The number of carbonyl (C=O) groups excluding carboxylic acids is 4. The van der Waals surface area contributed by atoms with Gasteiger partial charge >= 0.3 is 0 Å². The van der Waals surface area contributed by atoms with Crippen molar-refractivity contribution in [3.8, 4) is 5.75 Å². The highest BCUT2D eigenvalue weighted by molar-refractivity contribution is 5.99. The minimum atomic E-state index is -1.30. The SMILES string of the molecule is CC[C@]1(C)NC(=O)[C@H](CCCCO)NC(=O)[C@H]2CCCN2C(=O)[C@H](Cc2ccc(OCc3ccccc3)cc2)NC1=O. The molecule has 2 aromatic carbocycles. The van der Waals surface area contributed by atoms with E-state index in [0.717, 1.165) is 11.1 Å². The molecular weight excluding hydrogens is 536 g/mol. The zero-order valence-electron chi connectivity index (χ0n) is 24.4. The van der Waals surface area contributed by atoms with Gasteiger partial charge in [-0.2, -0.15) is 0 Å². The first-order valence-corrected chi connectivity index (χ1v) is 14.8. The minimum Gasteiger partial charge on any atom is -0.489 e. The summed E-state index contributed by atoms with van der Waals surface area (Å²) in [7, 11) is 0. The highest BCUT2D eigenvalue weighted by atomic mass is 16.5. The molecule has 0 aliphatic carbocycles. The fraction of sp³-hybridized carbons (Fsp3) is 0.500. The van der Waals surface area contributed by atoms with Crippen molar-refractivity contribution in [1.29, 1.82) is 0 Å². The lowest BCUT2D eigenvalue weighted by Crippen LogP contribution is -2.65. The van der Waals surface area contributed by atoms with Gasteiger partial charge in [-0.1, -0.05) is 49.4 Å². The Morgan fingerprint density at radius 2 is 1.67 bits per heavy atom. The Morgan fingerprint density at radius 1 is 0.929 bits per heavy atom. The monoisotopic (exact) mass is 578 g/mol. The van der Waals surface area contributed by atoms with Gasteiger partial charge < -0.3 is 30.7 Å². The zero-order valence-corrected chi connectivity index (χ0v) is 24.4. The quantitative estimate of drug-likeness (QED) is 0.319. The fourth-order valence-corrected chi connectivity index (χ4v) is 5.38. The van der Waals surface area contributed by atoms with Gasteiger partial charge in [0.25, 0.3) is 0 Å². The van der Waals surface area contributed by atoms with Crippen molar-refractivity contribution in [2.45, 2.75) is 89.1 Å². The number of hydrogen-bond donors (Lipinski definition) is 4. The first-order chi connectivity index (χ1) is 20.2. The fourth-order valence-electron chi connectivity index (χ4n) is 5.38. The van der Waals surface area contributed by atoms with E-state index < -0.39 is 35.5 Å². The van der Waals surface area contributed by atoms with Gasteiger partial charge in [0.2, 0.25) is 23.6 Å². The van der Waals surface area contributed by atoms with Crippen LogP contribution in [-0.4, -0.2) is 70.5 Å². The molecule has 2 aliphatic heterocycles. The van der Waals surface area contributed by atoms with Crippen LogP contribution in [0, 0.1) is 0 Å². The Kier molecular flexibility index (Phi) is 10.6. The topological polar surface area (TPSA) is 137 Å². The van der Waals surface area contributed by atoms with Gasteiger partial charge in [-0.3, -0.25) is 19.2 Å². The molecule has 0 spiro atoms. The molecule has 42 heavy (non-hydrogen) atoms. The maximum Gasteiger partial charge on any atom is 0.246 e. The van der Waals surface area contributed by atoms with Gasteiger partial charge in [-0.15, -0.1) is 0 Å². The van der Waals surface area contributed by atoms with Crippen molar-refractivity contribution in [3.05, 3.63) is 65.7 Å². The molecule has 0 aromatic heterocycles. The van der Waals surface area contributed by atoms with Gasteiger partial charge in [-0.25, -0.2) is 0 Å². The molecule has 0 unspecified atom stereocenters. The number of amides is 4. The molecule has 0 radical (unpaired) electrons. The van der Waals surface area contributed by atoms with Crippen LogP contribution < -0.4 is 20.7 Å². The van der Waals surface area contributed by atoms with E-state index in [1.54, 1.807) is 13.8 Å². The predicted molar refractivity (Wildman–Crippen MR) is 157 cm³/mol. The maximum absolute atomic E-state index is 13.9. The van der Waals surface area contributed by atoms with Crippen LogP contribution in [0.15, 0.2) is 54.6 Å². The summed E-state index contributed by atoms with van der Waals surface area (Å²) in [5.41, 5.74) is 0.572. The molecule has 0 saturated carbocycles. The molecule has 2 heterocycles. The normalized spacial score (nSPS) is 25.0. The Balaban J connectivity index is 1.55. The van der Waals surface area contributed by atoms with Crippen molar-refractivity contribution in [1.82, 2.24) is 20.9 Å². The molecule has 226 valence electrons. The average molecular weight is 579 g/mol. The number of hydrogen-bond acceptors (Lipinski definition) is 6. The summed E-state index contributed by atoms with van der Waals surface area (Å²) in [6, 6.07) is 14.7. The van der Waals surface area contributed by atoms with Gasteiger partial charge in [0.15, 0.2) is 0 Å². The van der Waals surface area contributed by atoms with Gasteiger partial charge in [0.1, 0.15) is 36.0 Å². The van der Waals surface area contributed by atoms with Gasteiger partial charge in [0.05, 0.1) is 0 Å². The van der Waals surface area contributed by atoms with E-state index in [1.807, 2.05) is 54.6 Å². The lowest BCUT2D eigenvalue weighted by molar-refractivity contribution is -0.144. The van der Waals surface area contributed by atoms with Gasteiger partial charge in [-0.05, 0) is 68.7 Å². The molecule has 2 aliphatic rings. The van der Waals surface area contributed by atoms with E-state index in [-0.39, 0.29) is 31.3 Å². The van der Waals surface area contributed by atoms with E-state index in [0.29, 0.717) is 51.0 Å². The Labute approximate surface area is 247 Å². The lowest BCUT2D eigenvalue weighted by atomic mass is 9.94. The van der Waals surface area contributed by atoms with Crippen molar-refractivity contribution in [2.24, 2.45) is 0 Å². The Hall–Kier alpha value is -3.92. The van der Waals surface area contributed by atoms with E-state index in [9.17, 15) is 24.3 Å². The first-order valence-electron chi connectivity index (χ1n) is 14.8. The summed E-state index contributed by atoms with van der Waals surface area (Å²) in [5, 5.41) is 17.8. The molecule has 4 atom stereocenters. The second-order valence-electron chi connectivity index (χ2n) is 11.3. The summed E-state index contributed by atoms with van der Waals surface area (Å²) in [5.74, 6) is -0.944. The second kappa shape index (κ2) is 14.3. The average Bonchev–Trinajstić information content (AvgIpc) is 3.50. The smallest absolute Gasteiger partial charge is 0.246 e. The minimum absolute atomic E-state index is 0.0207. The molecule has 4 N–H and O–H groups in total. The van der Waals surface area contributed by atoms with Crippen LogP contribution in [0.5, 0.6) is 5.75 Å². The summed E-state index contributed by atoms with van der Waals surface area (Å²) in [6.07, 6.45) is 2.94. The number of ether oxygens (including phenoxy) is 1. The van der Waals surface area contributed by atoms with Crippen LogP contribution in [-0.2, 0) is 32.2 Å². The van der Waals surface area contributed by atoms with Crippen LogP contribution in [0.1, 0.15) is 63.5 Å². The van der Waals surface area contributed by atoms with Crippen LogP contribution in [0.25, 0.3) is 0 Å². The number of benzene rings is 2.